The second kappa shape index (κ2) is 8.42. The summed E-state index contributed by atoms with van der Waals surface area (Å²) in [5, 5.41) is 9.55. The molecule has 33 heavy (non-hydrogen) atoms. The molecular weight excluding hydrogens is 443 g/mol. The first-order valence-electron chi connectivity index (χ1n) is 10.4. The summed E-state index contributed by atoms with van der Waals surface area (Å²) in [4.78, 5) is 10.2. The third-order valence-corrected chi connectivity index (χ3v) is 6.96. The van der Waals surface area contributed by atoms with Crippen molar-refractivity contribution in [2.24, 2.45) is 0 Å². The number of aromatic nitrogens is 4. The van der Waals surface area contributed by atoms with Crippen molar-refractivity contribution in [3.63, 3.8) is 0 Å². The monoisotopic (exact) mass is 464 g/mol. The molecule has 0 aliphatic carbocycles. The average Bonchev–Trinajstić information content (AvgIpc) is 3.44. The zero-order chi connectivity index (χ0) is 23.1. The Bertz CT molecular complexity index is 1390. The third kappa shape index (κ3) is 3.69. The number of rotatable bonds is 5. The van der Waals surface area contributed by atoms with Crippen LogP contribution in [0, 0.1) is 12.4 Å². The van der Waals surface area contributed by atoms with E-state index in [-0.39, 0.29) is 11.7 Å². The van der Waals surface area contributed by atoms with Crippen LogP contribution >= 0.6 is 11.3 Å². The van der Waals surface area contributed by atoms with Crippen LogP contribution in [-0.2, 0) is 13.1 Å². The molecule has 0 fully saturated rings. The Labute approximate surface area is 194 Å². The number of hydrogen-bond acceptors (Lipinski definition) is 7. The van der Waals surface area contributed by atoms with Crippen molar-refractivity contribution in [1.82, 2.24) is 24.6 Å². The molecular formula is C23H21FN6O2S. The minimum absolute atomic E-state index is 0.0270. The van der Waals surface area contributed by atoms with Crippen LogP contribution < -0.4 is 9.47 Å². The van der Waals surface area contributed by atoms with E-state index in [0.29, 0.717) is 34.1 Å². The minimum atomic E-state index is -0.533. The van der Waals surface area contributed by atoms with Crippen molar-refractivity contribution in [1.29, 1.82) is 0 Å². The molecule has 1 atom stereocenters. The van der Waals surface area contributed by atoms with Crippen molar-refractivity contribution < 1.29 is 13.9 Å². The maximum Gasteiger partial charge on any atom is 0.224 e. The molecule has 4 aromatic rings. The first-order chi connectivity index (χ1) is 16.0. The number of halogens is 1. The Morgan fingerprint density at radius 2 is 2.03 bits per heavy atom. The predicted octanol–water partition coefficient (Wildman–Crippen LogP) is 4.84. The maximum atomic E-state index is 14.0. The van der Waals surface area contributed by atoms with Gasteiger partial charge >= 0.3 is 0 Å². The van der Waals surface area contributed by atoms with Gasteiger partial charge in [-0.25, -0.2) is 14.2 Å². The van der Waals surface area contributed by atoms with E-state index in [0.717, 1.165) is 29.4 Å². The smallest absolute Gasteiger partial charge is 0.224 e. The highest BCUT2D eigenvalue weighted by atomic mass is 32.1. The van der Waals surface area contributed by atoms with Crippen LogP contribution in [0.5, 0.6) is 11.5 Å². The highest BCUT2D eigenvalue weighted by molar-refractivity contribution is 7.21. The van der Waals surface area contributed by atoms with Crippen LogP contribution in [0.1, 0.15) is 24.4 Å². The number of nitrogens with zero attached hydrogens (tertiary/aromatic N) is 6. The van der Waals surface area contributed by atoms with Crippen molar-refractivity contribution in [2.45, 2.75) is 26.1 Å². The Balaban J connectivity index is 1.43. The SMILES string of the molecule is [C-]#[N+]c1cc2nc(-c3nnc4n3CCN(Cc3ccc(OC)cc3OC)[C@@H]4C)sc2cc1F. The fourth-order valence-corrected chi connectivity index (χ4v) is 5.09. The molecule has 0 saturated heterocycles. The number of benzene rings is 2. The molecule has 168 valence electrons. The lowest BCUT2D eigenvalue weighted by Gasteiger charge is -2.33. The summed E-state index contributed by atoms with van der Waals surface area (Å²) in [7, 11) is 3.29. The molecule has 0 radical (unpaired) electrons. The topological polar surface area (TPSA) is 69.7 Å². The van der Waals surface area contributed by atoms with E-state index in [1.54, 1.807) is 14.2 Å². The maximum absolute atomic E-state index is 14.0. The summed E-state index contributed by atoms with van der Waals surface area (Å²) in [5.74, 6) is 2.54. The standard InChI is InChI=1S/C23H21FN6O2S/c1-13-21-27-28-22(23-26-18-11-17(25-2)16(24)10-20(18)33-23)30(21)8-7-29(13)12-14-5-6-15(31-3)9-19(14)32-4/h5-6,9-11,13H,7-8,12H2,1,3-4H3/t13-/m1/s1. The first kappa shape index (κ1) is 21.3. The number of methoxy groups -OCH3 is 2. The van der Waals surface area contributed by atoms with Crippen LogP contribution in [0.2, 0.25) is 0 Å². The largest absolute Gasteiger partial charge is 0.497 e. The lowest BCUT2D eigenvalue weighted by Crippen LogP contribution is -2.36. The first-order valence-corrected chi connectivity index (χ1v) is 11.2. The van der Waals surface area contributed by atoms with Gasteiger partial charge in [-0.2, -0.15) is 0 Å². The molecule has 0 unspecified atom stereocenters. The molecule has 0 saturated carbocycles. The molecule has 5 rings (SSSR count). The number of hydrogen-bond donors (Lipinski definition) is 0. The molecule has 0 amide bonds. The molecule has 0 spiro atoms. The molecule has 0 bridgehead atoms. The van der Waals surface area contributed by atoms with Crippen molar-refractivity contribution in [3.05, 3.63) is 59.0 Å². The molecule has 2 aromatic carbocycles. The molecule has 1 aliphatic rings. The Morgan fingerprint density at radius 3 is 2.79 bits per heavy atom. The Hall–Kier alpha value is -3.55. The van der Waals surface area contributed by atoms with Crippen LogP contribution in [0.15, 0.2) is 30.3 Å². The second-order valence-electron chi connectivity index (χ2n) is 7.76. The van der Waals surface area contributed by atoms with Gasteiger partial charge in [0.1, 0.15) is 17.3 Å². The van der Waals surface area contributed by atoms with Crippen LogP contribution in [0.25, 0.3) is 25.9 Å². The van der Waals surface area contributed by atoms with Gasteiger partial charge in [-0.05, 0) is 25.1 Å². The van der Waals surface area contributed by atoms with Gasteiger partial charge < -0.3 is 14.0 Å². The average molecular weight is 465 g/mol. The van der Waals surface area contributed by atoms with Gasteiger partial charge in [0.25, 0.3) is 0 Å². The van der Waals surface area contributed by atoms with Gasteiger partial charge in [0, 0.05) is 31.3 Å². The van der Waals surface area contributed by atoms with Gasteiger partial charge in [-0.15, -0.1) is 21.5 Å². The molecule has 1 aliphatic heterocycles. The molecule has 3 heterocycles. The number of thiazole rings is 1. The van der Waals surface area contributed by atoms with Gasteiger partial charge in [0.2, 0.25) is 5.69 Å². The molecule has 10 heteroatoms. The van der Waals surface area contributed by atoms with Gasteiger partial charge in [0.15, 0.2) is 16.7 Å². The fourth-order valence-electron chi connectivity index (χ4n) is 4.12. The highest BCUT2D eigenvalue weighted by Gasteiger charge is 2.30. The van der Waals surface area contributed by atoms with E-state index in [2.05, 4.69) is 36.4 Å². The summed E-state index contributed by atoms with van der Waals surface area (Å²) in [6.07, 6.45) is 0. The number of fused-ring (bicyclic) bond motifs is 2. The second-order valence-corrected chi connectivity index (χ2v) is 8.79. The van der Waals surface area contributed by atoms with E-state index in [9.17, 15) is 4.39 Å². The summed E-state index contributed by atoms with van der Waals surface area (Å²) < 4.78 is 27.6. The fraction of sp³-hybridized carbons (Fsp3) is 0.304. The molecule has 2 aromatic heterocycles. The van der Waals surface area contributed by atoms with E-state index < -0.39 is 5.82 Å². The minimum Gasteiger partial charge on any atom is -0.497 e. The van der Waals surface area contributed by atoms with Crippen LogP contribution in [-0.4, -0.2) is 45.4 Å². The number of ether oxygens (including phenoxy) is 2. The van der Waals surface area contributed by atoms with Gasteiger partial charge in [0.05, 0.1) is 37.1 Å². The van der Waals surface area contributed by atoms with E-state index in [4.69, 9.17) is 16.0 Å². The highest BCUT2D eigenvalue weighted by Crippen LogP contribution is 2.36. The normalized spacial score (nSPS) is 15.9. The predicted molar refractivity (Wildman–Crippen MR) is 123 cm³/mol. The summed E-state index contributed by atoms with van der Waals surface area (Å²) in [6.45, 7) is 11.4. The zero-order valence-corrected chi connectivity index (χ0v) is 19.2. The molecule has 0 N–H and O–H groups in total. The van der Waals surface area contributed by atoms with E-state index >= 15 is 0 Å². The zero-order valence-electron chi connectivity index (χ0n) is 18.4. The Kier molecular flexibility index (Phi) is 5.44. The summed E-state index contributed by atoms with van der Waals surface area (Å²) in [5.41, 5.74) is 1.64. The van der Waals surface area contributed by atoms with Gasteiger partial charge in [-0.3, -0.25) is 4.90 Å². The quantitative estimate of drug-likeness (QED) is 0.394. The van der Waals surface area contributed by atoms with Crippen molar-refractivity contribution in [2.75, 3.05) is 20.8 Å². The van der Waals surface area contributed by atoms with Crippen molar-refractivity contribution in [3.8, 4) is 22.3 Å². The third-order valence-electron chi connectivity index (χ3n) is 5.95. The van der Waals surface area contributed by atoms with Crippen molar-refractivity contribution >= 4 is 27.2 Å². The van der Waals surface area contributed by atoms with E-state index in [1.165, 1.54) is 23.5 Å². The summed E-state index contributed by atoms with van der Waals surface area (Å²) >= 11 is 1.35. The van der Waals surface area contributed by atoms with Crippen LogP contribution in [0.4, 0.5) is 10.1 Å². The Morgan fingerprint density at radius 1 is 1.18 bits per heavy atom. The van der Waals surface area contributed by atoms with E-state index in [1.807, 2.05) is 18.2 Å². The lowest BCUT2D eigenvalue weighted by atomic mass is 10.1. The lowest BCUT2D eigenvalue weighted by molar-refractivity contribution is 0.155. The van der Waals surface area contributed by atoms with Crippen LogP contribution in [0.3, 0.4) is 0 Å². The molecule has 8 nitrogen and oxygen atoms in total. The van der Waals surface area contributed by atoms with Gasteiger partial charge in [-0.1, -0.05) is 6.07 Å². The summed E-state index contributed by atoms with van der Waals surface area (Å²) in [6, 6.07) is 8.73.